The van der Waals surface area contributed by atoms with Crippen LogP contribution in [0.1, 0.15) is 52.5 Å². The highest BCUT2D eigenvalue weighted by atomic mass is 32.1. The summed E-state index contributed by atoms with van der Waals surface area (Å²) in [7, 11) is 0. The number of esters is 1. The van der Waals surface area contributed by atoms with Gasteiger partial charge in [0.15, 0.2) is 5.69 Å². The molecule has 2 fully saturated rings. The van der Waals surface area contributed by atoms with Crippen LogP contribution in [-0.2, 0) is 9.47 Å². The number of ether oxygens (including phenoxy) is 2. The Hall–Kier alpha value is -0.940. The average Bonchev–Trinajstić information content (AvgIpc) is 3.02. The van der Waals surface area contributed by atoms with Gasteiger partial charge in [0.2, 0.25) is 0 Å². The molecule has 1 aromatic rings. The summed E-state index contributed by atoms with van der Waals surface area (Å²) < 4.78 is 10.9. The van der Waals surface area contributed by atoms with Gasteiger partial charge in [-0.15, -0.1) is 11.3 Å². The fraction of sp³-hybridized carbons (Fsp3) is 0.692. The topological polar surface area (TPSA) is 48.4 Å². The first-order chi connectivity index (χ1) is 8.69. The molecule has 3 unspecified atom stereocenters. The van der Waals surface area contributed by atoms with Crippen LogP contribution in [0.25, 0.3) is 0 Å². The summed E-state index contributed by atoms with van der Waals surface area (Å²) in [5.41, 5.74) is 0.486. The summed E-state index contributed by atoms with van der Waals surface area (Å²) >= 11 is 1.61. The molecule has 0 amide bonds. The molecule has 0 aliphatic carbocycles. The zero-order chi connectivity index (χ0) is 12.7. The smallest absolute Gasteiger partial charge is 0.358 e. The lowest BCUT2D eigenvalue weighted by Gasteiger charge is -2.15. The quantitative estimate of drug-likeness (QED) is 0.790. The Morgan fingerprint density at radius 2 is 2.39 bits per heavy atom. The number of nitrogens with zero attached hydrogens (tertiary/aromatic N) is 1. The van der Waals surface area contributed by atoms with Crippen molar-refractivity contribution >= 4 is 17.3 Å². The summed E-state index contributed by atoms with van der Waals surface area (Å²) in [4.78, 5) is 17.2. The predicted octanol–water partition coefficient (Wildman–Crippen LogP) is 2.66. The second-order valence-corrected chi connectivity index (χ2v) is 6.13. The number of hydrogen-bond donors (Lipinski definition) is 0. The van der Waals surface area contributed by atoms with E-state index in [1.807, 2.05) is 13.8 Å². The van der Waals surface area contributed by atoms with Crippen molar-refractivity contribution in [2.24, 2.45) is 0 Å². The number of hydrogen-bond acceptors (Lipinski definition) is 5. The van der Waals surface area contributed by atoms with E-state index in [4.69, 9.17) is 9.47 Å². The van der Waals surface area contributed by atoms with Gasteiger partial charge in [-0.25, -0.2) is 9.78 Å². The van der Waals surface area contributed by atoms with Gasteiger partial charge in [0.05, 0.1) is 23.8 Å². The van der Waals surface area contributed by atoms with Crippen LogP contribution in [-0.4, -0.2) is 29.8 Å². The molecule has 2 saturated heterocycles. The first-order valence-corrected chi connectivity index (χ1v) is 7.30. The number of aryl methyl sites for hydroxylation is 1. The van der Waals surface area contributed by atoms with Crippen molar-refractivity contribution in [1.29, 1.82) is 0 Å². The molecule has 0 N–H and O–H groups in total. The lowest BCUT2D eigenvalue weighted by atomic mass is 9.90. The summed E-state index contributed by atoms with van der Waals surface area (Å²) in [6.45, 7) is 4.13. The molecule has 0 radical (unpaired) electrons. The molecule has 0 saturated carbocycles. The minimum atomic E-state index is -0.304. The first kappa shape index (κ1) is 12.1. The fourth-order valence-corrected chi connectivity index (χ4v) is 3.94. The van der Waals surface area contributed by atoms with E-state index in [1.165, 1.54) is 6.42 Å². The largest absolute Gasteiger partial charge is 0.461 e. The van der Waals surface area contributed by atoms with Gasteiger partial charge < -0.3 is 9.47 Å². The summed E-state index contributed by atoms with van der Waals surface area (Å²) in [5.74, 6) is 0.0807. The molecule has 3 atom stereocenters. The van der Waals surface area contributed by atoms with Gasteiger partial charge in [-0.05, 0) is 33.1 Å². The molecule has 98 valence electrons. The Morgan fingerprint density at radius 3 is 3.00 bits per heavy atom. The predicted molar refractivity (Wildman–Crippen MR) is 68.1 cm³/mol. The monoisotopic (exact) mass is 267 g/mol. The van der Waals surface area contributed by atoms with Gasteiger partial charge in [0.25, 0.3) is 0 Å². The number of carbonyl (C=O) groups excluding carboxylic acids is 1. The number of thiazole rings is 1. The highest BCUT2D eigenvalue weighted by molar-refractivity contribution is 7.12. The Kier molecular flexibility index (Phi) is 3.11. The highest BCUT2D eigenvalue weighted by Crippen LogP contribution is 2.45. The molecule has 4 nitrogen and oxygen atoms in total. The van der Waals surface area contributed by atoms with Crippen LogP contribution in [0.4, 0.5) is 0 Å². The van der Waals surface area contributed by atoms with E-state index in [9.17, 15) is 4.79 Å². The molecule has 3 heterocycles. The van der Waals surface area contributed by atoms with Crippen molar-refractivity contribution in [3.63, 3.8) is 0 Å². The Bertz CT molecular complexity index is 471. The molecule has 1 aromatic heterocycles. The third-order valence-corrected chi connectivity index (χ3v) is 4.81. The molecule has 2 aliphatic heterocycles. The lowest BCUT2D eigenvalue weighted by molar-refractivity contribution is 0.0519. The van der Waals surface area contributed by atoms with Crippen LogP contribution < -0.4 is 0 Å². The van der Waals surface area contributed by atoms with E-state index in [2.05, 4.69) is 4.98 Å². The summed E-state index contributed by atoms with van der Waals surface area (Å²) in [6.07, 6.45) is 4.09. The molecule has 18 heavy (non-hydrogen) atoms. The van der Waals surface area contributed by atoms with Gasteiger partial charge in [-0.2, -0.15) is 0 Å². The number of fused-ring (bicyclic) bond motifs is 2. The Morgan fingerprint density at radius 1 is 1.56 bits per heavy atom. The number of aromatic nitrogens is 1. The van der Waals surface area contributed by atoms with Crippen molar-refractivity contribution < 1.29 is 14.3 Å². The van der Waals surface area contributed by atoms with Crippen molar-refractivity contribution in [1.82, 2.24) is 4.98 Å². The minimum absolute atomic E-state index is 0.304. The lowest BCUT2D eigenvalue weighted by Crippen LogP contribution is -2.14. The van der Waals surface area contributed by atoms with Crippen LogP contribution in [0.3, 0.4) is 0 Å². The molecule has 0 spiro atoms. The zero-order valence-electron chi connectivity index (χ0n) is 10.6. The van der Waals surface area contributed by atoms with Gasteiger partial charge in [-0.1, -0.05) is 0 Å². The van der Waals surface area contributed by atoms with Crippen LogP contribution in [0.15, 0.2) is 0 Å². The summed E-state index contributed by atoms with van der Waals surface area (Å²) in [6, 6.07) is 0. The molecular formula is C13H17NO3S. The van der Waals surface area contributed by atoms with Gasteiger partial charge in [0, 0.05) is 10.8 Å². The Labute approximate surface area is 110 Å². The van der Waals surface area contributed by atoms with Gasteiger partial charge >= 0.3 is 5.97 Å². The van der Waals surface area contributed by atoms with Gasteiger partial charge in [-0.3, -0.25) is 0 Å². The van der Waals surface area contributed by atoms with Crippen LogP contribution in [0.5, 0.6) is 0 Å². The average molecular weight is 267 g/mol. The van der Waals surface area contributed by atoms with Crippen LogP contribution in [0, 0.1) is 6.92 Å². The maximum atomic E-state index is 11.7. The Balaban J connectivity index is 1.82. The normalized spacial score (nSPS) is 29.8. The van der Waals surface area contributed by atoms with E-state index in [0.717, 1.165) is 22.7 Å². The highest BCUT2D eigenvalue weighted by Gasteiger charge is 2.43. The van der Waals surface area contributed by atoms with Gasteiger partial charge in [0.1, 0.15) is 0 Å². The van der Waals surface area contributed by atoms with E-state index < -0.39 is 0 Å². The van der Waals surface area contributed by atoms with E-state index in [-0.39, 0.29) is 5.97 Å². The van der Waals surface area contributed by atoms with Crippen molar-refractivity contribution in [2.75, 3.05) is 6.61 Å². The summed E-state index contributed by atoms with van der Waals surface area (Å²) in [5, 5.41) is 1.04. The maximum absolute atomic E-state index is 11.7. The fourth-order valence-electron chi connectivity index (χ4n) is 2.86. The van der Waals surface area contributed by atoms with Crippen molar-refractivity contribution in [3.8, 4) is 0 Å². The molecule has 0 aromatic carbocycles. The maximum Gasteiger partial charge on any atom is 0.358 e. The SMILES string of the molecule is CCOC(=O)c1nc(C2CC3CCC2O3)sc1C. The third kappa shape index (κ3) is 1.95. The second-order valence-electron chi connectivity index (χ2n) is 4.89. The number of rotatable bonds is 3. The van der Waals surface area contributed by atoms with Crippen molar-refractivity contribution in [2.45, 2.75) is 51.2 Å². The van der Waals surface area contributed by atoms with E-state index in [1.54, 1.807) is 11.3 Å². The van der Waals surface area contributed by atoms with Crippen LogP contribution >= 0.6 is 11.3 Å². The molecule has 3 rings (SSSR count). The first-order valence-electron chi connectivity index (χ1n) is 6.49. The molecule has 2 aliphatic rings. The minimum Gasteiger partial charge on any atom is -0.461 e. The second kappa shape index (κ2) is 4.63. The van der Waals surface area contributed by atoms with E-state index >= 15 is 0 Å². The number of carbonyl (C=O) groups is 1. The molecule has 2 bridgehead atoms. The standard InChI is InChI=1S/C13H17NO3S/c1-3-16-13(15)11-7(2)18-12(14-11)9-6-8-4-5-10(9)17-8/h8-10H,3-6H2,1-2H3. The zero-order valence-corrected chi connectivity index (χ0v) is 11.5. The molecular weight excluding hydrogens is 250 g/mol. The van der Waals surface area contributed by atoms with Crippen molar-refractivity contribution in [3.05, 3.63) is 15.6 Å². The molecule has 5 heteroatoms. The third-order valence-electron chi connectivity index (χ3n) is 3.71. The van der Waals surface area contributed by atoms with Crippen LogP contribution in [0.2, 0.25) is 0 Å². The van der Waals surface area contributed by atoms with E-state index in [0.29, 0.717) is 30.4 Å².